The molecule has 1 aromatic carbocycles. The van der Waals surface area contributed by atoms with Crippen LogP contribution in [0.4, 0.5) is 0 Å². The average molecular weight is 531 g/mol. The van der Waals surface area contributed by atoms with Crippen molar-refractivity contribution in [1.29, 1.82) is 0 Å². The van der Waals surface area contributed by atoms with Gasteiger partial charge in [-0.1, -0.05) is 57.6 Å². The SMILES string of the molecule is C=CCOC(=O)Cc1cc(C(C)C)c2c(c1C)C(=O)C1=C(C)C3(C)C(=O)C(C(C)=O)=C(C)CC3(C)CC1(C)C2. The molecule has 0 fully saturated rings. The van der Waals surface area contributed by atoms with E-state index < -0.39 is 16.2 Å². The summed E-state index contributed by atoms with van der Waals surface area (Å²) in [7, 11) is 0. The first-order valence-electron chi connectivity index (χ1n) is 14.0. The van der Waals surface area contributed by atoms with E-state index >= 15 is 0 Å². The van der Waals surface area contributed by atoms with Crippen LogP contribution in [0.1, 0.15) is 107 Å². The number of ketones is 3. The summed E-state index contributed by atoms with van der Waals surface area (Å²) in [6.07, 6.45) is 3.63. The number of fused-ring (bicyclic) bond motifs is 3. The molecule has 3 atom stereocenters. The normalized spacial score (nSPS) is 28.3. The maximum atomic E-state index is 14.6. The van der Waals surface area contributed by atoms with E-state index in [9.17, 15) is 19.2 Å². The van der Waals surface area contributed by atoms with Crippen molar-refractivity contribution in [1.82, 2.24) is 0 Å². The second kappa shape index (κ2) is 9.53. The molecule has 5 nitrogen and oxygen atoms in total. The Labute approximate surface area is 232 Å². The number of esters is 1. The van der Waals surface area contributed by atoms with E-state index in [0.717, 1.165) is 33.4 Å². The highest BCUT2D eigenvalue weighted by molar-refractivity contribution is 6.24. The standard InChI is InChI=1S/C34H42O5/c1-11-12-39-26(36)14-23-13-24(18(2)3)25-16-32(8)17-33(9)15-19(4)27(22(7)35)31(38)34(33,10)21(6)29(32)30(37)28(25)20(23)5/h11,13,18H,1,12,14-17H2,2-10H3. The lowest BCUT2D eigenvalue weighted by atomic mass is 9.42. The Morgan fingerprint density at radius 3 is 2.31 bits per heavy atom. The topological polar surface area (TPSA) is 77.5 Å². The number of hydrogen-bond acceptors (Lipinski definition) is 5. The third kappa shape index (κ3) is 4.11. The van der Waals surface area contributed by atoms with Crippen molar-refractivity contribution in [3.63, 3.8) is 0 Å². The molecule has 0 spiro atoms. The molecule has 3 unspecified atom stereocenters. The summed E-state index contributed by atoms with van der Waals surface area (Å²) in [5.41, 5.74) is 5.20. The van der Waals surface area contributed by atoms with Gasteiger partial charge in [-0.2, -0.15) is 0 Å². The molecule has 1 aromatic rings. The van der Waals surface area contributed by atoms with E-state index in [1.54, 1.807) is 0 Å². The van der Waals surface area contributed by atoms with Gasteiger partial charge in [0.15, 0.2) is 17.3 Å². The van der Waals surface area contributed by atoms with E-state index in [0.29, 0.717) is 36.0 Å². The number of Topliss-reactive ketones (excluding diaryl/α,β-unsaturated/α-hetero) is 3. The van der Waals surface area contributed by atoms with Gasteiger partial charge in [0.1, 0.15) is 6.61 Å². The van der Waals surface area contributed by atoms with Crippen molar-refractivity contribution in [3.05, 3.63) is 68.8 Å². The lowest BCUT2D eigenvalue weighted by molar-refractivity contribution is -0.141. The summed E-state index contributed by atoms with van der Waals surface area (Å²) < 4.78 is 5.25. The van der Waals surface area contributed by atoms with Crippen LogP contribution in [0.15, 0.2) is 41.0 Å². The molecule has 0 bridgehead atoms. The fourth-order valence-electron chi connectivity index (χ4n) is 8.12. The molecular weight excluding hydrogens is 488 g/mol. The van der Waals surface area contributed by atoms with Crippen molar-refractivity contribution in [3.8, 4) is 0 Å². The maximum absolute atomic E-state index is 14.6. The van der Waals surface area contributed by atoms with Gasteiger partial charge in [-0.25, -0.2) is 0 Å². The highest BCUT2D eigenvalue weighted by Gasteiger charge is 2.63. The van der Waals surface area contributed by atoms with Gasteiger partial charge in [0.25, 0.3) is 0 Å². The molecule has 4 rings (SSSR count). The van der Waals surface area contributed by atoms with Crippen LogP contribution in [0.5, 0.6) is 0 Å². The number of hydrogen-bond donors (Lipinski definition) is 0. The molecule has 0 amide bonds. The second-order valence-electron chi connectivity index (χ2n) is 13.1. The third-order valence-corrected chi connectivity index (χ3v) is 10.0. The minimum Gasteiger partial charge on any atom is -0.461 e. The van der Waals surface area contributed by atoms with Crippen molar-refractivity contribution in [2.45, 2.75) is 93.9 Å². The predicted molar refractivity (Wildman–Crippen MR) is 153 cm³/mol. The first kappa shape index (κ1) is 28.9. The molecule has 3 aliphatic carbocycles. The van der Waals surface area contributed by atoms with E-state index in [-0.39, 0.29) is 42.3 Å². The molecule has 0 heterocycles. The summed E-state index contributed by atoms with van der Waals surface area (Å²) in [6.45, 7) is 21.4. The van der Waals surface area contributed by atoms with Crippen LogP contribution in [0.25, 0.3) is 0 Å². The molecule has 208 valence electrons. The number of ether oxygens (including phenoxy) is 1. The van der Waals surface area contributed by atoms with Gasteiger partial charge < -0.3 is 4.74 Å². The fourth-order valence-corrected chi connectivity index (χ4v) is 8.12. The highest BCUT2D eigenvalue weighted by Crippen LogP contribution is 2.66. The Bertz CT molecular complexity index is 1400. The monoisotopic (exact) mass is 530 g/mol. The number of allylic oxidation sites excluding steroid dienone is 4. The lowest BCUT2D eigenvalue weighted by Gasteiger charge is -2.59. The van der Waals surface area contributed by atoms with E-state index in [1.807, 2.05) is 27.7 Å². The largest absolute Gasteiger partial charge is 0.461 e. The molecule has 0 saturated carbocycles. The van der Waals surface area contributed by atoms with E-state index in [1.165, 1.54) is 13.0 Å². The summed E-state index contributed by atoms with van der Waals surface area (Å²) in [4.78, 5) is 53.8. The first-order chi connectivity index (χ1) is 18.0. The lowest BCUT2D eigenvalue weighted by Crippen LogP contribution is -2.57. The second-order valence-corrected chi connectivity index (χ2v) is 13.1. The summed E-state index contributed by atoms with van der Waals surface area (Å²) in [5, 5.41) is 0. The first-order valence-corrected chi connectivity index (χ1v) is 14.0. The molecule has 0 N–H and O–H groups in total. The molecule has 3 aliphatic rings. The molecule has 0 radical (unpaired) electrons. The highest BCUT2D eigenvalue weighted by atomic mass is 16.5. The van der Waals surface area contributed by atoms with Crippen molar-refractivity contribution in [2.75, 3.05) is 6.61 Å². The van der Waals surface area contributed by atoms with Crippen LogP contribution < -0.4 is 0 Å². The minimum absolute atomic E-state index is 0.0521. The van der Waals surface area contributed by atoms with Gasteiger partial charge in [-0.3, -0.25) is 19.2 Å². The van der Waals surface area contributed by atoms with Gasteiger partial charge in [0, 0.05) is 16.6 Å². The zero-order valence-electron chi connectivity index (χ0n) is 25.0. The Morgan fingerprint density at radius 2 is 1.74 bits per heavy atom. The van der Waals surface area contributed by atoms with Crippen LogP contribution >= 0.6 is 0 Å². The van der Waals surface area contributed by atoms with Crippen LogP contribution in [-0.2, 0) is 32.0 Å². The number of carbonyl (C=O) groups excluding carboxylic acids is 4. The number of rotatable bonds is 6. The van der Waals surface area contributed by atoms with Gasteiger partial charge in [0.2, 0.25) is 0 Å². The average Bonchev–Trinajstić information content (AvgIpc) is 2.81. The predicted octanol–water partition coefficient (Wildman–Crippen LogP) is 6.75. The van der Waals surface area contributed by atoms with Crippen LogP contribution in [0, 0.1) is 23.2 Å². The Kier molecular flexibility index (Phi) is 7.07. The Balaban J connectivity index is 1.96. The van der Waals surface area contributed by atoms with E-state index in [2.05, 4.69) is 40.3 Å². The Hall–Kier alpha value is -3.08. The molecule has 0 saturated heterocycles. The van der Waals surface area contributed by atoms with Gasteiger partial charge >= 0.3 is 5.97 Å². The van der Waals surface area contributed by atoms with Crippen LogP contribution in [0.2, 0.25) is 0 Å². The number of carbonyl (C=O) groups is 4. The molecular formula is C34H42O5. The molecule has 5 heteroatoms. The Morgan fingerprint density at radius 1 is 1.10 bits per heavy atom. The summed E-state index contributed by atoms with van der Waals surface area (Å²) in [6, 6.07) is 2.08. The molecule has 39 heavy (non-hydrogen) atoms. The minimum atomic E-state index is -0.948. The van der Waals surface area contributed by atoms with Crippen molar-refractivity contribution in [2.24, 2.45) is 16.2 Å². The zero-order valence-corrected chi connectivity index (χ0v) is 25.0. The summed E-state index contributed by atoms with van der Waals surface area (Å²) >= 11 is 0. The van der Waals surface area contributed by atoms with Crippen LogP contribution in [0.3, 0.4) is 0 Å². The van der Waals surface area contributed by atoms with Gasteiger partial charge in [0.05, 0.1) is 17.4 Å². The smallest absolute Gasteiger partial charge is 0.310 e. The quantitative estimate of drug-likeness (QED) is 0.231. The van der Waals surface area contributed by atoms with Crippen LogP contribution in [-0.4, -0.2) is 29.9 Å². The van der Waals surface area contributed by atoms with Crippen molar-refractivity contribution < 1.29 is 23.9 Å². The third-order valence-electron chi connectivity index (χ3n) is 10.0. The maximum Gasteiger partial charge on any atom is 0.310 e. The van der Waals surface area contributed by atoms with E-state index in [4.69, 9.17) is 4.74 Å². The van der Waals surface area contributed by atoms with Gasteiger partial charge in [-0.05, 0) is 87.5 Å². The van der Waals surface area contributed by atoms with Gasteiger partial charge in [-0.15, -0.1) is 0 Å². The zero-order chi connectivity index (χ0) is 29.2. The summed E-state index contributed by atoms with van der Waals surface area (Å²) in [5.74, 6) is -0.621. The fraction of sp³-hybridized carbons (Fsp3) is 0.529. The molecule has 0 aliphatic heterocycles. The molecule has 0 aromatic heterocycles. The number of benzene rings is 1. The van der Waals surface area contributed by atoms with Crippen molar-refractivity contribution >= 4 is 23.3 Å².